The van der Waals surface area contributed by atoms with Gasteiger partial charge in [0.1, 0.15) is 6.61 Å². The van der Waals surface area contributed by atoms with Gasteiger partial charge in [-0.1, -0.05) is 42.5 Å². The van der Waals surface area contributed by atoms with Crippen LogP contribution in [0.2, 0.25) is 0 Å². The van der Waals surface area contributed by atoms with Crippen molar-refractivity contribution < 1.29 is 14.3 Å². The molecule has 1 heterocycles. The Bertz CT molecular complexity index is 598. The van der Waals surface area contributed by atoms with Crippen molar-refractivity contribution in [1.29, 1.82) is 0 Å². The van der Waals surface area contributed by atoms with E-state index >= 15 is 0 Å². The Kier molecular flexibility index (Phi) is 4.86. The molecule has 1 fully saturated rings. The number of hydrogen-bond donors (Lipinski definition) is 0. The summed E-state index contributed by atoms with van der Waals surface area (Å²) in [6, 6.07) is 17.6. The quantitative estimate of drug-likeness (QED) is 0.798. The summed E-state index contributed by atoms with van der Waals surface area (Å²) < 4.78 is 10.9. The van der Waals surface area contributed by atoms with E-state index in [1.165, 1.54) is 0 Å². The van der Waals surface area contributed by atoms with Crippen LogP contribution in [0.3, 0.4) is 0 Å². The summed E-state index contributed by atoms with van der Waals surface area (Å²) >= 11 is 0. The van der Waals surface area contributed by atoms with Crippen molar-refractivity contribution in [3.63, 3.8) is 0 Å². The van der Waals surface area contributed by atoms with Crippen LogP contribution in [0, 0.1) is 0 Å². The zero-order valence-corrected chi connectivity index (χ0v) is 12.5. The fourth-order valence-corrected chi connectivity index (χ4v) is 2.62. The standard InChI is InChI=1S/C19H20O3/c20-19(22-14-18-8-4-5-13-21-18)17-11-9-16(10-12-17)15-6-2-1-3-7-15/h1-3,6-7,9-12,18H,4-5,8,13-14H2. The van der Waals surface area contributed by atoms with Gasteiger partial charge in [-0.15, -0.1) is 0 Å². The predicted molar refractivity (Wildman–Crippen MR) is 85.8 cm³/mol. The van der Waals surface area contributed by atoms with Crippen molar-refractivity contribution >= 4 is 5.97 Å². The van der Waals surface area contributed by atoms with Crippen LogP contribution in [0.15, 0.2) is 54.6 Å². The summed E-state index contributed by atoms with van der Waals surface area (Å²) in [6.07, 6.45) is 3.28. The molecule has 1 saturated heterocycles. The molecule has 1 aliphatic rings. The summed E-state index contributed by atoms with van der Waals surface area (Å²) in [6.45, 7) is 1.12. The van der Waals surface area contributed by atoms with Gasteiger partial charge in [0, 0.05) is 6.61 Å². The summed E-state index contributed by atoms with van der Waals surface area (Å²) in [4.78, 5) is 12.1. The van der Waals surface area contributed by atoms with Gasteiger partial charge in [0.05, 0.1) is 11.7 Å². The normalized spacial score (nSPS) is 17.9. The van der Waals surface area contributed by atoms with Gasteiger partial charge in [-0.2, -0.15) is 0 Å². The molecule has 0 aliphatic carbocycles. The van der Waals surface area contributed by atoms with E-state index in [0.29, 0.717) is 12.2 Å². The number of rotatable bonds is 4. The second-order valence-corrected chi connectivity index (χ2v) is 5.53. The summed E-state index contributed by atoms with van der Waals surface area (Å²) in [7, 11) is 0. The molecule has 2 aromatic carbocycles. The topological polar surface area (TPSA) is 35.5 Å². The highest BCUT2D eigenvalue weighted by Crippen LogP contribution is 2.20. The van der Waals surface area contributed by atoms with E-state index in [2.05, 4.69) is 0 Å². The lowest BCUT2D eigenvalue weighted by atomic mass is 10.0. The monoisotopic (exact) mass is 296 g/mol. The number of carbonyl (C=O) groups excluding carboxylic acids is 1. The molecule has 1 unspecified atom stereocenters. The van der Waals surface area contributed by atoms with E-state index in [4.69, 9.17) is 9.47 Å². The zero-order chi connectivity index (χ0) is 15.2. The Morgan fingerprint density at radius 1 is 1.00 bits per heavy atom. The average molecular weight is 296 g/mol. The number of ether oxygens (including phenoxy) is 2. The van der Waals surface area contributed by atoms with Crippen LogP contribution in [0.1, 0.15) is 29.6 Å². The highest BCUT2D eigenvalue weighted by Gasteiger charge is 2.16. The van der Waals surface area contributed by atoms with Crippen LogP contribution in [0.4, 0.5) is 0 Å². The SMILES string of the molecule is O=C(OCC1CCCCO1)c1ccc(-c2ccccc2)cc1. The number of hydrogen-bond acceptors (Lipinski definition) is 3. The molecule has 114 valence electrons. The maximum absolute atomic E-state index is 12.1. The number of carbonyl (C=O) groups is 1. The molecule has 3 nitrogen and oxygen atoms in total. The second-order valence-electron chi connectivity index (χ2n) is 5.53. The van der Waals surface area contributed by atoms with Crippen molar-refractivity contribution in [3.05, 3.63) is 60.2 Å². The second kappa shape index (κ2) is 7.23. The van der Waals surface area contributed by atoms with Crippen molar-refractivity contribution in [1.82, 2.24) is 0 Å². The maximum Gasteiger partial charge on any atom is 0.338 e. The van der Waals surface area contributed by atoms with E-state index in [-0.39, 0.29) is 12.1 Å². The largest absolute Gasteiger partial charge is 0.459 e. The lowest BCUT2D eigenvalue weighted by Gasteiger charge is -2.22. The smallest absolute Gasteiger partial charge is 0.338 e. The molecule has 2 aromatic rings. The van der Waals surface area contributed by atoms with Gasteiger partial charge in [-0.25, -0.2) is 4.79 Å². The molecular weight excluding hydrogens is 276 g/mol. The molecule has 3 heteroatoms. The minimum atomic E-state index is -0.284. The highest BCUT2D eigenvalue weighted by atomic mass is 16.6. The Balaban J connectivity index is 1.59. The summed E-state index contributed by atoms with van der Waals surface area (Å²) in [5.74, 6) is -0.284. The summed E-state index contributed by atoms with van der Waals surface area (Å²) in [5.41, 5.74) is 2.81. The average Bonchev–Trinajstić information content (AvgIpc) is 2.61. The minimum Gasteiger partial charge on any atom is -0.459 e. The van der Waals surface area contributed by atoms with Crippen LogP contribution in [-0.4, -0.2) is 25.3 Å². The molecule has 0 aromatic heterocycles. The molecular formula is C19H20O3. The lowest BCUT2D eigenvalue weighted by molar-refractivity contribution is -0.0300. The Morgan fingerprint density at radius 2 is 1.73 bits per heavy atom. The zero-order valence-electron chi connectivity index (χ0n) is 12.5. The van der Waals surface area contributed by atoms with Crippen LogP contribution in [-0.2, 0) is 9.47 Å². The Labute approximate surface area is 130 Å². The van der Waals surface area contributed by atoms with Crippen LogP contribution >= 0.6 is 0 Å². The molecule has 0 amide bonds. The fourth-order valence-electron chi connectivity index (χ4n) is 2.62. The number of benzene rings is 2. The molecule has 22 heavy (non-hydrogen) atoms. The van der Waals surface area contributed by atoms with Crippen molar-refractivity contribution in [3.8, 4) is 11.1 Å². The third-order valence-corrected chi connectivity index (χ3v) is 3.90. The third-order valence-electron chi connectivity index (χ3n) is 3.90. The first-order valence-electron chi connectivity index (χ1n) is 7.77. The van der Waals surface area contributed by atoms with Crippen LogP contribution in [0.5, 0.6) is 0 Å². The van der Waals surface area contributed by atoms with Crippen molar-refractivity contribution in [2.75, 3.05) is 13.2 Å². The number of esters is 1. The van der Waals surface area contributed by atoms with Gasteiger partial charge in [0.15, 0.2) is 0 Å². The van der Waals surface area contributed by atoms with Gasteiger partial charge in [0.2, 0.25) is 0 Å². The maximum atomic E-state index is 12.1. The molecule has 1 aliphatic heterocycles. The molecule has 3 rings (SSSR count). The third kappa shape index (κ3) is 3.74. The highest BCUT2D eigenvalue weighted by molar-refractivity contribution is 5.90. The van der Waals surface area contributed by atoms with E-state index < -0.39 is 0 Å². The molecule has 0 saturated carbocycles. The molecule has 1 atom stereocenters. The van der Waals surface area contributed by atoms with Gasteiger partial charge in [-0.3, -0.25) is 0 Å². The van der Waals surface area contributed by atoms with Crippen LogP contribution in [0.25, 0.3) is 11.1 Å². The van der Waals surface area contributed by atoms with Crippen molar-refractivity contribution in [2.45, 2.75) is 25.4 Å². The van der Waals surface area contributed by atoms with E-state index in [1.54, 1.807) is 0 Å². The van der Waals surface area contributed by atoms with Gasteiger partial charge in [-0.05, 0) is 42.5 Å². The molecule has 0 spiro atoms. The van der Waals surface area contributed by atoms with Crippen LogP contribution < -0.4 is 0 Å². The van der Waals surface area contributed by atoms with E-state index in [1.807, 2.05) is 54.6 Å². The van der Waals surface area contributed by atoms with Gasteiger partial charge < -0.3 is 9.47 Å². The lowest BCUT2D eigenvalue weighted by Crippen LogP contribution is -2.25. The predicted octanol–water partition coefficient (Wildman–Crippen LogP) is 4.08. The molecule has 0 bridgehead atoms. The van der Waals surface area contributed by atoms with Gasteiger partial charge >= 0.3 is 5.97 Å². The first-order valence-corrected chi connectivity index (χ1v) is 7.77. The van der Waals surface area contributed by atoms with Crippen molar-refractivity contribution in [2.24, 2.45) is 0 Å². The fraction of sp³-hybridized carbons (Fsp3) is 0.316. The van der Waals surface area contributed by atoms with Gasteiger partial charge in [0.25, 0.3) is 0 Å². The Morgan fingerprint density at radius 3 is 2.41 bits per heavy atom. The minimum absolute atomic E-state index is 0.0568. The van der Waals surface area contributed by atoms with E-state index in [9.17, 15) is 4.79 Å². The first kappa shape index (κ1) is 14.8. The first-order chi connectivity index (χ1) is 10.8. The molecule has 0 radical (unpaired) electrons. The van der Waals surface area contributed by atoms with E-state index in [0.717, 1.165) is 37.0 Å². The molecule has 0 N–H and O–H groups in total. The summed E-state index contributed by atoms with van der Waals surface area (Å²) in [5, 5.41) is 0. The Hall–Kier alpha value is -2.13.